The van der Waals surface area contributed by atoms with Gasteiger partial charge in [-0.15, -0.1) is 0 Å². The van der Waals surface area contributed by atoms with E-state index in [1.165, 1.54) is 6.07 Å². The highest BCUT2D eigenvalue weighted by Crippen LogP contribution is 2.12. The van der Waals surface area contributed by atoms with Gasteiger partial charge in [0.1, 0.15) is 0 Å². The Kier molecular flexibility index (Phi) is 3.13. The van der Waals surface area contributed by atoms with Crippen LogP contribution in [0.4, 0.5) is 0 Å². The summed E-state index contributed by atoms with van der Waals surface area (Å²) in [7, 11) is 0.835. The first kappa shape index (κ1) is 11.4. The lowest BCUT2D eigenvalue weighted by Gasteiger charge is -2.10. The maximum absolute atomic E-state index is 11.4. The third-order valence-electron chi connectivity index (χ3n) is 2.19. The second kappa shape index (κ2) is 3.84. The fraction of sp³-hybridized carbons (Fsp3) is 0.333. The minimum absolute atomic E-state index is 0.166. The number of rotatable bonds is 2. The Morgan fingerprint density at radius 2 is 1.86 bits per heavy atom. The molecule has 0 aromatic heterocycles. The van der Waals surface area contributed by atoms with Gasteiger partial charge in [0.05, 0.1) is 22.2 Å². The van der Waals surface area contributed by atoms with Crippen LogP contribution in [0.5, 0.6) is 0 Å². The predicted molar refractivity (Wildman–Crippen MR) is 55.5 cm³/mol. The maximum atomic E-state index is 11.4. The second-order valence-corrected chi connectivity index (χ2v) is 5.18. The largest absolute Gasteiger partial charge is 0.296 e. The normalized spacial score (nSPS) is 11.7. The Hall–Kier alpha value is -0.653. The molecule has 1 aromatic carbocycles. The summed E-state index contributed by atoms with van der Waals surface area (Å²) in [6.07, 6.45) is 0. The molecule has 5 heteroatoms. The summed E-state index contributed by atoms with van der Waals surface area (Å²) in [6, 6.07) is 3.29. The summed E-state index contributed by atoms with van der Waals surface area (Å²) < 4.78 is 27.3. The molecule has 0 saturated heterocycles. The molecule has 0 saturated carbocycles. The molecule has 0 atom stereocenters. The maximum Gasteiger partial charge on any atom is 0.296 e. The quantitative estimate of drug-likeness (QED) is 0.544. The molecule has 0 heterocycles. The molecule has 0 aliphatic carbocycles. The van der Waals surface area contributed by atoms with Crippen LogP contribution in [0, 0.1) is 13.8 Å². The van der Waals surface area contributed by atoms with Crippen LogP contribution in [0.25, 0.3) is 0 Å². The van der Waals surface area contributed by atoms with Crippen molar-refractivity contribution in [3.05, 3.63) is 23.3 Å². The summed E-state index contributed by atoms with van der Waals surface area (Å²) in [5.41, 5.74) is 1.94. The lowest BCUT2D eigenvalue weighted by atomic mass is 10.1. The van der Waals surface area contributed by atoms with Crippen molar-refractivity contribution in [2.45, 2.75) is 18.7 Å². The summed E-state index contributed by atoms with van der Waals surface area (Å²) in [5.74, 6) is 0. The van der Waals surface area contributed by atoms with E-state index in [1.807, 2.05) is 13.8 Å². The third-order valence-corrected chi connectivity index (χ3v) is 4.33. The number of benzene rings is 1. The van der Waals surface area contributed by atoms with E-state index >= 15 is 0 Å². The fourth-order valence-electron chi connectivity index (χ4n) is 1.09. The highest BCUT2D eigenvalue weighted by atomic mass is 32.2. The standard InChI is InChI=1S/C9H11O3SSi/c1-6-4-5-8(9(14)7(6)2)13(10,11)12-3/h4-5H,1-3H3. The SMILES string of the molecule is COS(=O)(=O)c1ccc(C)c(C)c1[Si]. The van der Waals surface area contributed by atoms with Crippen LogP contribution < -0.4 is 5.19 Å². The topological polar surface area (TPSA) is 43.4 Å². The van der Waals surface area contributed by atoms with Crippen molar-refractivity contribution in [1.82, 2.24) is 0 Å². The highest BCUT2D eigenvalue weighted by molar-refractivity contribution is 7.87. The smallest absolute Gasteiger partial charge is 0.270 e. The molecule has 0 fully saturated rings. The number of hydrogen-bond acceptors (Lipinski definition) is 3. The summed E-state index contributed by atoms with van der Waals surface area (Å²) >= 11 is 0. The average molecular weight is 227 g/mol. The predicted octanol–water partition coefficient (Wildman–Crippen LogP) is 0.432. The second-order valence-electron chi connectivity index (χ2n) is 3.00. The lowest BCUT2D eigenvalue weighted by molar-refractivity contribution is 0.398. The van der Waals surface area contributed by atoms with Crippen LogP contribution in [-0.2, 0) is 14.3 Å². The van der Waals surface area contributed by atoms with Crippen molar-refractivity contribution >= 4 is 25.5 Å². The zero-order valence-corrected chi connectivity index (χ0v) is 10.1. The molecule has 3 radical (unpaired) electrons. The molecule has 0 bridgehead atoms. The number of hydrogen-bond donors (Lipinski definition) is 0. The van der Waals surface area contributed by atoms with E-state index in [-0.39, 0.29) is 4.90 Å². The van der Waals surface area contributed by atoms with Gasteiger partial charge in [-0.2, -0.15) is 8.42 Å². The van der Waals surface area contributed by atoms with E-state index in [2.05, 4.69) is 14.4 Å². The fourth-order valence-corrected chi connectivity index (χ4v) is 2.56. The average Bonchev–Trinajstić information content (AvgIpc) is 2.14. The lowest BCUT2D eigenvalue weighted by Crippen LogP contribution is -2.20. The summed E-state index contributed by atoms with van der Waals surface area (Å²) in [4.78, 5) is 0.166. The first-order valence-electron chi connectivity index (χ1n) is 4.02. The van der Waals surface area contributed by atoms with Gasteiger partial charge in [-0.05, 0) is 36.2 Å². The first-order chi connectivity index (χ1) is 6.40. The monoisotopic (exact) mass is 227 g/mol. The zero-order chi connectivity index (χ0) is 10.9. The molecule has 1 rings (SSSR count). The van der Waals surface area contributed by atoms with Gasteiger partial charge in [0.15, 0.2) is 0 Å². The zero-order valence-electron chi connectivity index (χ0n) is 8.29. The molecule has 3 nitrogen and oxygen atoms in total. The van der Waals surface area contributed by atoms with Crippen LogP contribution in [0.15, 0.2) is 17.0 Å². The van der Waals surface area contributed by atoms with Gasteiger partial charge in [0.25, 0.3) is 10.1 Å². The van der Waals surface area contributed by atoms with Gasteiger partial charge in [-0.25, -0.2) is 0 Å². The van der Waals surface area contributed by atoms with E-state index < -0.39 is 10.1 Å². The van der Waals surface area contributed by atoms with Crippen LogP contribution in [0.1, 0.15) is 11.1 Å². The van der Waals surface area contributed by atoms with Crippen molar-refractivity contribution in [2.24, 2.45) is 0 Å². The van der Waals surface area contributed by atoms with Gasteiger partial charge in [0.2, 0.25) is 0 Å². The van der Waals surface area contributed by atoms with Crippen molar-refractivity contribution in [1.29, 1.82) is 0 Å². The van der Waals surface area contributed by atoms with Crippen LogP contribution >= 0.6 is 0 Å². The Morgan fingerprint density at radius 1 is 1.29 bits per heavy atom. The van der Waals surface area contributed by atoms with Crippen molar-refractivity contribution in [2.75, 3.05) is 7.11 Å². The van der Waals surface area contributed by atoms with Crippen molar-refractivity contribution < 1.29 is 12.6 Å². The van der Waals surface area contributed by atoms with E-state index in [9.17, 15) is 8.42 Å². The van der Waals surface area contributed by atoms with E-state index in [0.717, 1.165) is 18.2 Å². The molecule has 0 aliphatic heterocycles. The summed E-state index contributed by atoms with van der Waals surface area (Å²) in [6.45, 7) is 3.77. The number of aryl methyl sites for hydroxylation is 1. The van der Waals surface area contributed by atoms with Crippen molar-refractivity contribution in [3.63, 3.8) is 0 Å². The van der Waals surface area contributed by atoms with E-state index in [1.54, 1.807) is 6.07 Å². The molecule has 0 unspecified atom stereocenters. The highest BCUT2D eigenvalue weighted by Gasteiger charge is 2.17. The van der Waals surface area contributed by atoms with Gasteiger partial charge in [-0.1, -0.05) is 6.07 Å². The third kappa shape index (κ3) is 1.89. The van der Waals surface area contributed by atoms with Gasteiger partial charge in [0, 0.05) is 0 Å². The van der Waals surface area contributed by atoms with Crippen LogP contribution in [0.2, 0.25) is 0 Å². The molecule has 14 heavy (non-hydrogen) atoms. The Bertz CT molecular complexity index is 451. The summed E-state index contributed by atoms with van der Waals surface area (Å²) in [5, 5.41) is 0.562. The Balaban J connectivity index is 3.47. The van der Waals surface area contributed by atoms with Crippen molar-refractivity contribution in [3.8, 4) is 0 Å². The molecule has 0 N–H and O–H groups in total. The Morgan fingerprint density at radius 3 is 2.36 bits per heavy atom. The van der Waals surface area contributed by atoms with E-state index in [4.69, 9.17) is 0 Å². The minimum Gasteiger partial charge on any atom is -0.270 e. The van der Waals surface area contributed by atoms with E-state index in [0.29, 0.717) is 5.19 Å². The molecule has 1 aromatic rings. The van der Waals surface area contributed by atoms with Crippen LogP contribution in [-0.4, -0.2) is 25.8 Å². The van der Waals surface area contributed by atoms with Gasteiger partial charge < -0.3 is 0 Å². The molecule has 0 amide bonds. The Labute approximate surface area is 87.6 Å². The first-order valence-corrected chi connectivity index (χ1v) is 5.93. The molecular formula is C9H11O3SSi. The minimum atomic E-state index is -3.62. The molecule has 0 spiro atoms. The molecule has 75 valence electrons. The molecular weight excluding hydrogens is 216 g/mol. The van der Waals surface area contributed by atoms with Gasteiger partial charge >= 0.3 is 0 Å². The van der Waals surface area contributed by atoms with Gasteiger partial charge in [-0.3, -0.25) is 4.18 Å². The van der Waals surface area contributed by atoms with Crippen LogP contribution in [0.3, 0.4) is 0 Å². The molecule has 0 aliphatic rings.